The molecule has 0 saturated heterocycles. The van der Waals surface area contributed by atoms with Crippen molar-refractivity contribution >= 4 is 11.6 Å². The van der Waals surface area contributed by atoms with Gasteiger partial charge in [0.25, 0.3) is 0 Å². The molecule has 1 N–H and O–H groups in total. The van der Waals surface area contributed by atoms with Gasteiger partial charge in [-0.2, -0.15) is 0 Å². The molecule has 3 heteroatoms. The molecule has 0 unspecified atom stereocenters. The first-order chi connectivity index (χ1) is 9.79. The maximum Gasteiger partial charge on any atom is 0.247 e. The van der Waals surface area contributed by atoms with Crippen molar-refractivity contribution in [2.75, 3.05) is 11.9 Å². The Bertz CT molecular complexity index is 486. The van der Waals surface area contributed by atoms with Crippen LogP contribution in [0.25, 0.3) is 0 Å². The maximum absolute atomic E-state index is 12.9. The van der Waals surface area contributed by atoms with E-state index in [0.29, 0.717) is 12.0 Å². The number of hydrogen-bond acceptors (Lipinski definition) is 2. The average Bonchev–Trinajstić information content (AvgIpc) is 3.22. The number of aryl methyl sites for hydroxylation is 1. The molecule has 1 aromatic rings. The first-order valence-electron chi connectivity index (χ1n) is 7.95. The largest absolute Gasteiger partial charge is 0.372 e. The summed E-state index contributed by atoms with van der Waals surface area (Å²) in [4.78, 5) is 15.0. The number of carbonyl (C=O) groups is 1. The molecular formula is C18H28N2O. The molecule has 0 spiro atoms. The van der Waals surface area contributed by atoms with Crippen molar-refractivity contribution in [1.29, 1.82) is 0 Å². The van der Waals surface area contributed by atoms with Gasteiger partial charge >= 0.3 is 0 Å². The lowest BCUT2D eigenvalue weighted by Gasteiger charge is -2.34. The number of nitrogens with one attached hydrogen (secondary N) is 1. The Labute approximate surface area is 128 Å². The summed E-state index contributed by atoms with van der Waals surface area (Å²) >= 11 is 0. The van der Waals surface area contributed by atoms with Crippen LogP contribution in [0.15, 0.2) is 24.3 Å². The fraction of sp³-hybridized carbons (Fsp3) is 0.611. The number of amides is 1. The van der Waals surface area contributed by atoms with E-state index in [4.69, 9.17) is 0 Å². The molecule has 0 atom stereocenters. The van der Waals surface area contributed by atoms with Crippen LogP contribution in [0, 0.1) is 12.8 Å². The zero-order valence-corrected chi connectivity index (χ0v) is 13.9. The predicted octanol–water partition coefficient (Wildman–Crippen LogP) is 3.83. The van der Waals surface area contributed by atoms with Gasteiger partial charge in [0.05, 0.1) is 0 Å². The van der Waals surface area contributed by atoms with Gasteiger partial charge in [-0.3, -0.25) is 4.79 Å². The molecule has 3 nitrogen and oxygen atoms in total. The standard InChI is InChI=1S/C18H28N2O/c1-13(2)12-20(16-10-11-16)17(21)18(4,5)19-15-8-6-14(3)7-9-15/h6-9,13,16,19H,10-12H2,1-5H3. The Morgan fingerprint density at radius 1 is 1.29 bits per heavy atom. The Morgan fingerprint density at radius 2 is 1.86 bits per heavy atom. The minimum Gasteiger partial charge on any atom is -0.372 e. The monoisotopic (exact) mass is 288 g/mol. The first-order valence-corrected chi connectivity index (χ1v) is 7.95. The molecule has 2 rings (SSSR count). The van der Waals surface area contributed by atoms with Gasteiger partial charge in [0, 0.05) is 18.3 Å². The van der Waals surface area contributed by atoms with Crippen molar-refractivity contribution in [3.05, 3.63) is 29.8 Å². The van der Waals surface area contributed by atoms with Crippen molar-refractivity contribution < 1.29 is 4.79 Å². The average molecular weight is 288 g/mol. The lowest BCUT2D eigenvalue weighted by Crippen LogP contribution is -2.51. The third-order valence-corrected chi connectivity index (χ3v) is 3.85. The van der Waals surface area contributed by atoms with Crippen LogP contribution in [-0.2, 0) is 4.79 Å². The highest BCUT2D eigenvalue weighted by Gasteiger charge is 2.39. The van der Waals surface area contributed by atoms with E-state index in [9.17, 15) is 4.79 Å². The lowest BCUT2D eigenvalue weighted by molar-refractivity contribution is -0.136. The molecule has 21 heavy (non-hydrogen) atoms. The molecule has 0 radical (unpaired) electrons. The highest BCUT2D eigenvalue weighted by atomic mass is 16.2. The van der Waals surface area contributed by atoms with E-state index in [1.165, 1.54) is 5.56 Å². The van der Waals surface area contributed by atoms with Gasteiger partial charge in [0.2, 0.25) is 5.91 Å². The summed E-state index contributed by atoms with van der Waals surface area (Å²) in [5, 5.41) is 3.39. The lowest BCUT2D eigenvalue weighted by atomic mass is 10.0. The van der Waals surface area contributed by atoms with E-state index < -0.39 is 5.54 Å². The van der Waals surface area contributed by atoms with Crippen LogP contribution in [0.4, 0.5) is 5.69 Å². The normalized spacial score (nSPS) is 15.1. The zero-order chi connectivity index (χ0) is 15.6. The van der Waals surface area contributed by atoms with E-state index in [-0.39, 0.29) is 5.91 Å². The Balaban J connectivity index is 2.08. The van der Waals surface area contributed by atoms with Crippen LogP contribution in [-0.4, -0.2) is 28.9 Å². The number of anilines is 1. The number of nitrogens with zero attached hydrogens (tertiary/aromatic N) is 1. The molecule has 1 saturated carbocycles. The van der Waals surface area contributed by atoms with Crippen molar-refractivity contribution in [2.45, 2.75) is 59.0 Å². The molecule has 0 aromatic heterocycles. The van der Waals surface area contributed by atoms with Crippen LogP contribution >= 0.6 is 0 Å². The fourth-order valence-electron chi connectivity index (χ4n) is 2.59. The Hall–Kier alpha value is -1.51. The number of rotatable bonds is 6. The molecular weight excluding hydrogens is 260 g/mol. The summed E-state index contributed by atoms with van der Waals surface area (Å²) in [6.07, 6.45) is 2.30. The SMILES string of the molecule is Cc1ccc(NC(C)(C)C(=O)N(CC(C)C)C2CC2)cc1. The van der Waals surface area contributed by atoms with E-state index in [0.717, 1.165) is 25.1 Å². The van der Waals surface area contributed by atoms with Crippen LogP contribution in [0.1, 0.15) is 46.1 Å². The van der Waals surface area contributed by atoms with Crippen molar-refractivity contribution in [1.82, 2.24) is 4.90 Å². The van der Waals surface area contributed by atoms with E-state index in [1.54, 1.807) is 0 Å². The summed E-state index contributed by atoms with van der Waals surface area (Å²) in [5.41, 5.74) is 1.65. The molecule has 1 aromatic carbocycles. The van der Waals surface area contributed by atoms with Crippen molar-refractivity contribution in [3.8, 4) is 0 Å². The second kappa shape index (κ2) is 6.08. The Kier molecular flexibility index (Phi) is 4.60. The minimum atomic E-state index is -0.577. The maximum atomic E-state index is 12.9. The first kappa shape index (κ1) is 15.9. The third-order valence-electron chi connectivity index (χ3n) is 3.85. The molecule has 1 aliphatic rings. The van der Waals surface area contributed by atoms with Crippen LogP contribution in [0.5, 0.6) is 0 Å². The van der Waals surface area contributed by atoms with Gasteiger partial charge in [-0.05, 0) is 51.7 Å². The summed E-state index contributed by atoms with van der Waals surface area (Å²) < 4.78 is 0. The van der Waals surface area contributed by atoms with Gasteiger partial charge in [-0.25, -0.2) is 0 Å². The quantitative estimate of drug-likeness (QED) is 0.862. The van der Waals surface area contributed by atoms with Gasteiger partial charge in [0.1, 0.15) is 5.54 Å². The number of benzene rings is 1. The van der Waals surface area contributed by atoms with Gasteiger partial charge in [0.15, 0.2) is 0 Å². The van der Waals surface area contributed by atoms with Gasteiger partial charge in [-0.1, -0.05) is 31.5 Å². The zero-order valence-electron chi connectivity index (χ0n) is 13.9. The molecule has 1 fully saturated rings. The highest BCUT2D eigenvalue weighted by molar-refractivity contribution is 5.89. The summed E-state index contributed by atoms with van der Waals surface area (Å²) in [7, 11) is 0. The summed E-state index contributed by atoms with van der Waals surface area (Å²) in [5.74, 6) is 0.712. The number of carbonyl (C=O) groups excluding carboxylic acids is 1. The smallest absolute Gasteiger partial charge is 0.247 e. The van der Waals surface area contributed by atoms with Crippen LogP contribution in [0.3, 0.4) is 0 Å². The topological polar surface area (TPSA) is 32.3 Å². The highest BCUT2D eigenvalue weighted by Crippen LogP contribution is 2.30. The Morgan fingerprint density at radius 3 is 2.33 bits per heavy atom. The third kappa shape index (κ3) is 4.23. The summed E-state index contributed by atoms with van der Waals surface area (Å²) in [6, 6.07) is 8.66. The van der Waals surface area contributed by atoms with Gasteiger partial charge < -0.3 is 10.2 Å². The molecule has 1 aliphatic carbocycles. The molecule has 0 bridgehead atoms. The van der Waals surface area contributed by atoms with Crippen molar-refractivity contribution in [3.63, 3.8) is 0 Å². The van der Waals surface area contributed by atoms with Crippen LogP contribution < -0.4 is 5.32 Å². The molecule has 0 aliphatic heterocycles. The number of hydrogen-bond donors (Lipinski definition) is 1. The van der Waals surface area contributed by atoms with E-state index >= 15 is 0 Å². The van der Waals surface area contributed by atoms with Crippen LogP contribution in [0.2, 0.25) is 0 Å². The molecule has 116 valence electrons. The van der Waals surface area contributed by atoms with E-state index in [2.05, 4.69) is 43.1 Å². The van der Waals surface area contributed by atoms with E-state index in [1.807, 2.05) is 26.0 Å². The molecule has 1 amide bonds. The van der Waals surface area contributed by atoms with Crippen molar-refractivity contribution in [2.24, 2.45) is 5.92 Å². The molecule has 0 heterocycles. The summed E-state index contributed by atoms with van der Waals surface area (Å²) in [6.45, 7) is 11.2. The predicted molar refractivity (Wildman–Crippen MR) is 88.5 cm³/mol. The van der Waals surface area contributed by atoms with Gasteiger partial charge in [-0.15, -0.1) is 0 Å². The second-order valence-electron chi connectivity index (χ2n) is 7.20. The second-order valence-corrected chi connectivity index (χ2v) is 7.20. The minimum absolute atomic E-state index is 0.208. The fourth-order valence-corrected chi connectivity index (χ4v) is 2.59.